The fraction of sp³-hybridized carbons (Fsp3) is 0. The molecule has 0 unspecified atom stereocenters. The standard InChI is InChI=1S/C39H29P/c1-40(37-15-9-4-10-16-37,38-23-21-31-17-19-33(25-35(31)27-38)29-11-5-2-6-12-29)39-24-22-32-18-20-34(26-36(32)28-39)30-13-7-3-8-14-30/h2-28H,1H2. The van der Waals surface area contributed by atoms with Crippen molar-refractivity contribution in [3.8, 4) is 22.3 Å². The van der Waals surface area contributed by atoms with E-state index in [9.17, 15) is 0 Å². The van der Waals surface area contributed by atoms with E-state index >= 15 is 0 Å². The molecule has 0 aliphatic rings. The first-order valence-corrected chi connectivity index (χ1v) is 15.6. The van der Waals surface area contributed by atoms with Crippen molar-refractivity contribution in [2.45, 2.75) is 0 Å². The Bertz CT molecular complexity index is 1880. The van der Waals surface area contributed by atoms with E-state index < -0.39 is 6.89 Å². The molecule has 0 aromatic heterocycles. The summed E-state index contributed by atoms with van der Waals surface area (Å²) in [4.78, 5) is 0. The Labute approximate surface area is 236 Å². The lowest BCUT2D eigenvalue weighted by atomic mass is 10.0. The van der Waals surface area contributed by atoms with Crippen LogP contribution in [0.25, 0.3) is 43.8 Å². The summed E-state index contributed by atoms with van der Waals surface area (Å²) in [6.07, 6.45) is 5.07. The first kappa shape index (κ1) is 24.4. The van der Waals surface area contributed by atoms with Crippen molar-refractivity contribution in [3.63, 3.8) is 0 Å². The van der Waals surface area contributed by atoms with E-state index in [1.54, 1.807) is 0 Å². The average Bonchev–Trinajstić information content (AvgIpc) is 3.04. The predicted molar refractivity (Wildman–Crippen MR) is 178 cm³/mol. The highest BCUT2D eigenvalue weighted by Crippen LogP contribution is 2.43. The molecule has 7 aromatic rings. The van der Waals surface area contributed by atoms with Crippen LogP contribution in [0.5, 0.6) is 0 Å². The van der Waals surface area contributed by atoms with E-state index in [2.05, 4.69) is 164 Å². The molecule has 190 valence electrons. The van der Waals surface area contributed by atoms with Crippen molar-refractivity contribution in [1.82, 2.24) is 0 Å². The van der Waals surface area contributed by atoms with Crippen molar-refractivity contribution in [1.29, 1.82) is 0 Å². The van der Waals surface area contributed by atoms with Gasteiger partial charge in [-0.25, -0.2) is 0 Å². The molecule has 0 fully saturated rings. The molecule has 0 N–H and O–H groups in total. The van der Waals surface area contributed by atoms with Crippen LogP contribution in [0.1, 0.15) is 0 Å². The van der Waals surface area contributed by atoms with Gasteiger partial charge in [0.25, 0.3) is 0 Å². The lowest BCUT2D eigenvalue weighted by Gasteiger charge is -2.27. The zero-order valence-electron chi connectivity index (χ0n) is 22.2. The third-order valence-corrected chi connectivity index (χ3v) is 11.4. The molecule has 1 heteroatoms. The monoisotopic (exact) mass is 528 g/mol. The molecule has 7 rings (SSSR count). The molecule has 0 aliphatic heterocycles. The summed E-state index contributed by atoms with van der Waals surface area (Å²) in [5.41, 5.74) is 4.93. The number of benzene rings is 7. The summed E-state index contributed by atoms with van der Waals surface area (Å²) in [6.45, 7) is -2.16. The molecule has 0 spiro atoms. The molecule has 40 heavy (non-hydrogen) atoms. The van der Waals surface area contributed by atoms with Gasteiger partial charge in [-0.3, -0.25) is 0 Å². The molecule has 0 saturated carbocycles. The molecule has 0 amide bonds. The van der Waals surface area contributed by atoms with Crippen LogP contribution in [0.4, 0.5) is 0 Å². The molecule has 0 nitrogen and oxygen atoms in total. The van der Waals surface area contributed by atoms with Crippen LogP contribution in [0.15, 0.2) is 164 Å². The van der Waals surface area contributed by atoms with Crippen molar-refractivity contribution in [3.05, 3.63) is 164 Å². The molecule has 0 heterocycles. The fourth-order valence-electron chi connectivity index (χ4n) is 5.69. The van der Waals surface area contributed by atoms with E-state index in [1.165, 1.54) is 59.7 Å². The molecule has 0 aliphatic carbocycles. The highest BCUT2D eigenvalue weighted by Gasteiger charge is 2.23. The smallest absolute Gasteiger partial charge is 0.0159 e. The van der Waals surface area contributed by atoms with Crippen molar-refractivity contribution < 1.29 is 0 Å². The Morgan fingerprint density at radius 1 is 0.300 bits per heavy atom. The van der Waals surface area contributed by atoms with Crippen LogP contribution in [-0.4, -0.2) is 6.30 Å². The maximum Gasteiger partial charge on any atom is -0.0159 e. The summed E-state index contributed by atoms with van der Waals surface area (Å²) in [6, 6.07) is 59.5. The van der Waals surface area contributed by atoms with Gasteiger partial charge in [-0.15, -0.1) is 0 Å². The fourth-order valence-corrected chi connectivity index (χ4v) is 8.65. The molecule has 0 radical (unpaired) electrons. The van der Waals surface area contributed by atoms with E-state index in [-0.39, 0.29) is 0 Å². The van der Waals surface area contributed by atoms with Gasteiger partial charge < -0.3 is 0 Å². The quantitative estimate of drug-likeness (QED) is 0.196. The zero-order chi connectivity index (χ0) is 26.9. The molecular formula is C39H29P. The SMILES string of the molecule is C=P(c1ccccc1)(c1ccc2ccc(-c3ccccc3)cc2c1)c1ccc2ccc(-c3ccccc3)cc2c1. The topological polar surface area (TPSA) is 0 Å². The van der Waals surface area contributed by atoms with Crippen LogP contribution in [-0.2, 0) is 0 Å². The number of fused-ring (bicyclic) bond motifs is 2. The van der Waals surface area contributed by atoms with Crippen LogP contribution < -0.4 is 15.9 Å². The van der Waals surface area contributed by atoms with Crippen LogP contribution >= 0.6 is 6.89 Å². The Hall–Kier alpha value is -4.64. The van der Waals surface area contributed by atoms with Crippen molar-refractivity contribution in [2.24, 2.45) is 0 Å². The van der Waals surface area contributed by atoms with Gasteiger partial charge >= 0.3 is 0 Å². The highest BCUT2D eigenvalue weighted by atomic mass is 31.2. The summed E-state index contributed by atoms with van der Waals surface area (Å²) >= 11 is 0. The van der Waals surface area contributed by atoms with E-state index in [1.807, 2.05) is 0 Å². The number of rotatable bonds is 5. The van der Waals surface area contributed by atoms with E-state index in [0.717, 1.165) is 0 Å². The number of hydrogen-bond donors (Lipinski definition) is 0. The first-order chi connectivity index (χ1) is 19.7. The van der Waals surface area contributed by atoms with Gasteiger partial charge in [0.2, 0.25) is 0 Å². The first-order valence-electron chi connectivity index (χ1n) is 13.7. The minimum absolute atomic E-state index is 1.23. The largest absolute Gasteiger partial charge is 0.0887 e. The van der Waals surface area contributed by atoms with Crippen molar-refractivity contribution >= 4 is 50.6 Å². The maximum absolute atomic E-state index is 5.07. The Morgan fingerprint density at radius 3 is 1.15 bits per heavy atom. The molecule has 7 aromatic carbocycles. The van der Waals surface area contributed by atoms with Gasteiger partial charge in [0.15, 0.2) is 0 Å². The summed E-state index contributed by atoms with van der Waals surface area (Å²) in [5, 5.41) is 8.84. The Kier molecular flexibility index (Phi) is 6.20. The molecule has 0 saturated heterocycles. The molecule has 0 atom stereocenters. The highest BCUT2D eigenvalue weighted by molar-refractivity contribution is 7.93. The van der Waals surface area contributed by atoms with Gasteiger partial charge in [-0.05, 0) is 90.9 Å². The third-order valence-electron chi connectivity index (χ3n) is 7.94. The van der Waals surface area contributed by atoms with E-state index in [0.29, 0.717) is 0 Å². The van der Waals surface area contributed by atoms with Crippen LogP contribution in [0.3, 0.4) is 0 Å². The van der Waals surface area contributed by atoms with Gasteiger partial charge in [-0.2, -0.15) is 0 Å². The average molecular weight is 529 g/mol. The Balaban J connectivity index is 1.41. The second kappa shape index (κ2) is 10.2. The van der Waals surface area contributed by atoms with Gasteiger partial charge in [-0.1, -0.05) is 146 Å². The van der Waals surface area contributed by atoms with Gasteiger partial charge in [0.05, 0.1) is 0 Å². The molecular weight excluding hydrogens is 499 g/mol. The Morgan fingerprint density at radius 2 is 0.700 bits per heavy atom. The number of hydrogen-bond acceptors (Lipinski definition) is 0. The minimum atomic E-state index is -2.16. The van der Waals surface area contributed by atoms with Gasteiger partial charge in [0, 0.05) is 0 Å². The third kappa shape index (κ3) is 4.37. The minimum Gasteiger partial charge on any atom is -0.0887 e. The summed E-state index contributed by atoms with van der Waals surface area (Å²) in [5.74, 6) is 0. The summed E-state index contributed by atoms with van der Waals surface area (Å²) in [7, 11) is 0. The van der Waals surface area contributed by atoms with Crippen molar-refractivity contribution in [2.75, 3.05) is 0 Å². The lowest BCUT2D eigenvalue weighted by Crippen LogP contribution is -2.25. The summed E-state index contributed by atoms with van der Waals surface area (Å²) < 4.78 is 0. The normalized spacial score (nSPS) is 11.6. The second-order valence-electron chi connectivity index (χ2n) is 10.4. The predicted octanol–water partition coefficient (Wildman–Crippen LogP) is 9.05. The van der Waals surface area contributed by atoms with Crippen LogP contribution in [0, 0.1) is 0 Å². The molecule has 0 bridgehead atoms. The van der Waals surface area contributed by atoms with Gasteiger partial charge in [0.1, 0.15) is 0 Å². The lowest BCUT2D eigenvalue weighted by molar-refractivity contribution is 1.65. The van der Waals surface area contributed by atoms with Crippen LogP contribution in [0.2, 0.25) is 0 Å². The zero-order valence-corrected chi connectivity index (χ0v) is 23.1. The second-order valence-corrected chi connectivity index (χ2v) is 13.5. The maximum atomic E-state index is 5.07. The van der Waals surface area contributed by atoms with E-state index in [4.69, 9.17) is 6.30 Å².